The Kier molecular flexibility index (Phi) is 4.22. The van der Waals surface area contributed by atoms with E-state index in [0.717, 1.165) is 16.8 Å². The van der Waals surface area contributed by atoms with Crippen molar-refractivity contribution in [1.29, 1.82) is 0 Å². The Balaban J connectivity index is 2.06. The lowest BCUT2D eigenvalue weighted by Crippen LogP contribution is -2.19. The van der Waals surface area contributed by atoms with Crippen molar-refractivity contribution >= 4 is 27.6 Å². The molecular weight excluding hydrogens is 309 g/mol. The highest BCUT2D eigenvalue weighted by Gasteiger charge is 2.17. The Morgan fingerprint density at radius 3 is 2.45 bits per heavy atom. The largest absolute Gasteiger partial charge is 0.297 e. The number of carbonyl (C=O) groups is 1. The van der Waals surface area contributed by atoms with Crippen LogP contribution in [0.3, 0.4) is 0 Å². The quantitative estimate of drug-likeness (QED) is 0.812. The molecule has 0 aliphatic heterocycles. The molecule has 0 fully saturated rings. The summed E-state index contributed by atoms with van der Waals surface area (Å²) in [5.41, 5.74) is 0. The van der Waals surface area contributed by atoms with Crippen molar-refractivity contribution in [2.24, 2.45) is 0 Å². The topological polar surface area (TPSA) is 65.4 Å². The van der Waals surface area contributed by atoms with Crippen LogP contribution in [0.5, 0.6) is 0 Å². The summed E-state index contributed by atoms with van der Waals surface area (Å²) in [7, 11) is -4.06. The monoisotopic (exact) mass is 317 g/mol. The number of hydrogen-bond donors (Lipinski definition) is 0. The van der Waals surface area contributed by atoms with E-state index in [-0.39, 0.29) is 4.90 Å². The summed E-state index contributed by atoms with van der Waals surface area (Å²) < 4.78 is 41.8. The van der Waals surface area contributed by atoms with Crippen LogP contribution in [0.2, 0.25) is 5.02 Å². The van der Waals surface area contributed by atoms with Gasteiger partial charge >= 0.3 is 0 Å². The lowest BCUT2D eigenvalue weighted by atomic mass is 10.4. The number of carbonyl (C=O) groups excluding carboxylic acids is 1. The molecule has 0 N–H and O–H groups in total. The van der Waals surface area contributed by atoms with Crippen LogP contribution in [0, 0.1) is 5.82 Å². The Labute approximate surface area is 119 Å². The highest BCUT2D eigenvalue weighted by atomic mass is 35.5. The second-order valence-corrected chi connectivity index (χ2v) is 5.85. The minimum atomic E-state index is -4.06. The van der Waals surface area contributed by atoms with Crippen molar-refractivity contribution in [2.75, 3.05) is 6.61 Å². The van der Waals surface area contributed by atoms with E-state index in [1.54, 1.807) is 0 Å². The first-order valence-corrected chi connectivity index (χ1v) is 7.19. The van der Waals surface area contributed by atoms with Crippen LogP contribution in [0.1, 0.15) is 4.79 Å². The molecule has 106 valence electrons. The third-order valence-corrected chi connectivity index (χ3v) is 3.91. The van der Waals surface area contributed by atoms with E-state index in [2.05, 4.69) is 4.18 Å². The molecule has 0 unspecified atom stereocenters. The average molecular weight is 318 g/mol. The molecule has 1 heterocycles. The Bertz CT molecular complexity index is 724. The van der Waals surface area contributed by atoms with Crippen molar-refractivity contribution in [3.8, 4) is 0 Å². The zero-order valence-electron chi connectivity index (χ0n) is 9.99. The number of hydrogen-bond acceptors (Lipinski definition) is 4. The molecule has 0 saturated heterocycles. The molecule has 0 aliphatic rings. The number of aromatic nitrogens is 1. The first kappa shape index (κ1) is 14.7. The normalized spacial score (nSPS) is 11.5. The zero-order valence-corrected chi connectivity index (χ0v) is 11.6. The molecule has 20 heavy (non-hydrogen) atoms. The van der Waals surface area contributed by atoms with E-state index >= 15 is 0 Å². The third kappa shape index (κ3) is 3.44. The fourth-order valence-corrected chi connectivity index (χ4v) is 2.38. The molecule has 0 amide bonds. The van der Waals surface area contributed by atoms with Crippen LogP contribution in [0.4, 0.5) is 4.39 Å². The van der Waals surface area contributed by atoms with Gasteiger partial charge in [-0.3, -0.25) is 13.5 Å². The first-order valence-electron chi connectivity index (χ1n) is 5.40. The van der Waals surface area contributed by atoms with Gasteiger partial charge in [0.05, 0.1) is 4.90 Å². The van der Waals surface area contributed by atoms with Gasteiger partial charge in [-0.05, 0) is 30.3 Å². The Hall–Kier alpha value is -1.70. The number of halogens is 2. The summed E-state index contributed by atoms with van der Waals surface area (Å²) >= 11 is 5.64. The fourth-order valence-electron chi connectivity index (χ4n) is 1.40. The predicted molar refractivity (Wildman–Crippen MR) is 69.6 cm³/mol. The van der Waals surface area contributed by atoms with Crippen LogP contribution >= 0.6 is 11.6 Å². The molecule has 5 nitrogen and oxygen atoms in total. The molecule has 0 saturated carbocycles. The molecule has 2 rings (SSSR count). The van der Waals surface area contributed by atoms with Crippen molar-refractivity contribution in [3.05, 3.63) is 53.6 Å². The lowest BCUT2D eigenvalue weighted by Gasteiger charge is -2.05. The molecular formula is C12H9ClFNO4S. The smallest absolute Gasteiger partial charge is 0.290 e. The highest BCUT2D eigenvalue weighted by molar-refractivity contribution is 7.86. The van der Waals surface area contributed by atoms with E-state index < -0.39 is 28.4 Å². The molecule has 8 heteroatoms. The molecule has 0 bridgehead atoms. The van der Waals surface area contributed by atoms with Crippen molar-refractivity contribution in [3.63, 3.8) is 0 Å². The van der Waals surface area contributed by atoms with Gasteiger partial charge in [0.2, 0.25) is 0 Å². The molecule has 0 radical (unpaired) electrons. The average Bonchev–Trinajstić information content (AvgIpc) is 2.83. The zero-order chi connectivity index (χ0) is 14.8. The van der Waals surface area contributed by atoms with E-state index in [4.69, 9.17) is 11.6 Å². The van der Waals surface area contributed by atoms with Gasteiger partial charge in [0, 0.05) is 17.4 Å². The summed E-state index contributed by atoms with van der Waals surface area (Å²) in [4.78, 5) is 11.5. The molecule has 1 aromatic carbocycles. The summed E-state index contributed by atoms with van der Waals surface area (Å²) in [6.07, 6.45) is 2.11. The maximum absolute atomic E-state index is 12.7. The molecule has 2 aromatic rings. The fraction of sp³-hybridized carbons (Fsp3) is 0.0833. The van der Waals surface area contributed by atoms with Gasteiger partial charge in [0.25, 0.3) is 16.0 Å². The number of nitrogens with zero attached hydrogens (tertiary/aromatic N) is 1. The van der Waals surface area contributed by atoms with Crippen LogP contribution in [0.25, 0.3) is 0 Å². The van der Waals surface area contributed by atoms with Crippen molar-refractivity contribution in [1.82, 2.24) is 4.57 Å². The van der Waals surface area contributed by atoms with Crippen LogP contribution in [-0.4, -0.2) is 25.5 Å². The minimum Gasteiger partial charge on any atom is -0.290 e. The molecule has 1 aromatic heterocycles. The summed E-state index contributed by atoms with van der Waals surface area (Å²) in [5, 5.41) is 0.378. The summed E-state index contributed by atoms with van der Waals surface area (Å²) in [6, 6.07) is 6.38. The van der Waals surface area contributed by atoms with E-state index in [9.17, 15) is 17.6 Å². The Morgan fingerprint density at radius 2 is 1.90 bits per heavy atom. The maximum Gasteiger partial charge on any atom is 0.297 e. The first-order chi connectivity index (χ1) is 9.38. The van der Waals surface area contributed by atoms with E-state index in [1.807, 2.05) is 0 Å². The van der Waals surface area contributed by atoms with Crippen molar-refractivity contribution in [2.45, 2.75) is 4.90 Å². The minimum absolute atomic E-state index is 0.117. The van der Waals surface area contributed by atoms with E-state index in [0.29, 0.717) is 5.02 Å². The molecule has 0 spiro atoms. The Morgan fingerprint density at radius 1 is 1.25 bits per heavy atom. The van der Waals surface area contributed by atoms with Gasteiger partial charge in [-0.1, -0.05) is 11.6 Å². The predicted octanol–water partition coefficient (Wildman–Crippen LogP) is 2.33. The molecule has 0 atom stereocenters. The van der Waals surface area contributed by atoms with Crippen LogP contribution < -0.4 is 0 Å². The van der Waals surface area contributed by atoms with Gasteiger partial charge < -0.3 is 0 Å². The molecule has 0 aliphatic carbocycles. The van der Waals surface area contributed by atoms with Gasteiger partial charge in [0.15, 0.2) is 0 Å². The maximum atomic E-state index is 12.7. The number of benzene rings is 1. The van der Waals surface area contributed by atoms with Gasteiger partial charge in [0.1, 0.15) is 12.4 Å². The number of rotatable bonds is 4. The second-order valence-electron chi connectivity index (χ2n) is 3.80. The van der Waals surface area contributed by atoms with E-state index in [1.165, 1.54) is 30.5 Å². The lowest BCUT2D eigenvalue weighted by molar-refractivity contribution is 0.0840. The van der Waals surface area contributed by atoms with Crippen LogP contribution in [-0.2, 0) is 14.3 Å². The van der Waals surface area contributed by atoms with Crippen molar-refractivity contribution < 1.29 is 21.8 Å². The van der Waals surface area contributed by atoms with Gasteiger partial charge in [-0.15, -0.1) is 0 Å². The van der Waals surface area contributed by atoms with Gasteiger partial charge in [-0.2, -0.15) is 8.42 Å². The summed E-state index contributed by atoms with van der Waals surface area (Å²) in [5.74, 6) is -1.30. The van der Waals surface area contributed by atoms with Crippen LogP contribution in [0.15, 0.2) is 47.6 Å². The second kappa shape index (κ2) is 5.74. The SMILES string of the molecule is O=C(COS(=O)(=O)c1ccc(Cl)cc1)n1ccc(F)c1. The summed E-state index contributed by atoms with van der Waals surface area (Å²) in [6.45, 7) is -0.723. The highest BCUT2D eigenvalue weighted by Crippen LogP contribution is 2.16. The standard InChI is InChI=1S/C12H9ClFNO4S/c13-9-1-3-11(4-2-9)20(17,18)19-8-12(16)15-6-5-10(14)7-15/h1-7H,8H2. The van der Waals surface area contributed by atoms with Gasteiger partial charge in [-0.25, -0.2) is 4.39 Å². The third-order valence-electron chi connectivity index (χ3n) is 2.38.